The fourth-order valence-electron chi connectivity index (χ4n) is 2.97. The van der Waals surface area contributed by atoms with Crippen molar-refractivity contribution in [1.29, 1.82) is 0 Å². The highest BCUT2D eigenvalue weighted by atomic mass is 79.9. The number of carbonyl (C=O) groups is 1. The Labute approximate surface area is 180 Å². The van der Waals surface area contributed by atoms with Crippen molar-refractivity contribution in [1.82, 2.24) is 24.9 Å². The van der Waals surface area contributed by atoms with E-state index in [1.807, 2.05) is 43.1 Å². The van der Waals surface area contributed by atoms with Crippen LogP contribution >= 0.6 is 31.9 Å². The van der Waals surface area contributed by atoms with Gasteiger partial charge in [0.1, 0.15) is 5.76 Å². The molecule has 3 aromatic rings. The predicted molar refractivity (Wildman–Crippen MR) is 114 cm³/mol. The zero-order valence-corrected chi connectivity index (χ0v) is 19.5. The SMILES string of the molecule is Cc1nn(CCCNC(=O)c2ccc(Cn3nc(C)c(Br)c3C)o2)c(C)c1Br. The summed E-state index contributed by atoms with van der Waals surface area (Å²) >= 11 is 7.04. The van der Waals surface area contributed by atoms with Crippen molar-refractivity contribution in [2.45, 2.75) is 47.2 Å². The fraction of sp³-hybridized carbons (Fsp3) is 0.421. The Morgan fingerprint density at radius 2 is 1.64 bits per heavy atom. The highest BCUT2D eigenvalue weighted by Crippen LogP contribution is 2.21. The first kappa shape index (κ1) is 20.9. The topological polar surface area (TPSA) is 77.9 Å². The number of furan rings is 1. The van der Waals surface area contributed by atoms with E-state index in [-0.39, 0.29) is 5.91 Å². The molecule has 0 saturated carbocycles. The van der Waals surface area contributed by atoms with Gasteiger partial charge < -0.3 is 9.73 Å². The van der Waals surface area contributed by atoms with Crippen LogP contribution in [-0.4, -0.2) is 32.0 Å². The van der Waals surface area contributed by atoms with Crippen molar-refractivity contribution >= 4 is 37.8 Å². The molecule has 7 nitrogen and oxygen atoms in total. The van der Waals surface area contributed by atoms with Gasteiger partial charge in [-0.2, -0.15) is 10.2 Å². The van der Waals surface area contributed by atoms with Crippen molar-refractivity contribution < 1.29 is 9.21 Å². The maximum Gasteiger partial charge on any atom is 0.286 e. The third-order valence-corrected chi connectivity index (χ3v) is 6.90. The summed E-state index contributed by atoms with van der Waals surface area (Å²) in [5, 5.41) is 11.8. The van der Waals surface area contributed by atoms with Gasteiger partial charge >= 0.3 is 0 Å². The normalized spacial score (nSPS) is 11.2. The highest BCUT2D eigenvalue weighted by molar-refractivity contribution is 9.10. The second-order valence-electron chi connectivity index (χ2n) is 6.73. The number of rotatable bonds is 7. The third kappa shape index (κ3) is 4.41. The lowest BCUT2D eigenvalue weighted by Gasteiger charge is -2.06. The van der Waals surface area contributed by atoms with E-state index in [2.05, 4.69) is 47.4 Å². The van der Waals surface area contributed by atoms with Gasteiger partial charge in [-0.05, 0) is 78.1 Å². The van der Waals surface area contributed by atoms with Gasteiger partial charge in [-0.15, -0.1) is 0 Å². The van der Waals surface area contributed by atoms with Crippen LogP contribution in [0.15, 0.2) is 25.5 Å². The van der Waals surface area contributed by atoms with Gasteiger partial charge in [0.05, 0.1) is 32.6 Å². The van der Waals surface area contributed by atoms with Crippen LogP contribution in [0.3, 0.4) is 0 Å². The minimum atomic E-state index is -0.213. The third-order valence-electron chi connectivity index (χ3n) is 4.61. The Morgan fingerprint density at radius 1 is 1.04 bits per heavy atom. The molecule has 0 atom stereocenters. The van der Waals surface area contributed by atoms with Crippen LogP contribution in [0.5, 0.6) is 0 Å². The molecule has 0 aromatic carbocycles. The van der Waals surface area contributed by atoms with Crippen LogP contribution < -0.4 is 5.32 Å². The van der Waals surface area contributed by atoms with Crippen LogP contribution in [0.2, 0.25) is 0 Å². The number of nitrogens with zero attached hydrogens (tertiary/aromatic N) is 4. The number of aromatic nitrogens is 4. The zero-order valence-electron chi connectivity index (χ0n) is 16.3. The van der Waals surface area contributed by atoms with Crippen LogP contribution in [-0.2, 0) is 13.1 Å². The van der Waals surface area contributed by atoms with Crippen molar-refractivity contribution in [3.63, 3.8) is 0 Å². The van der Waals surface area contributed by atoms with E-state index in [9.17, 15) is 4.79 Å². The van der Waals surface area contributed by atoms with E-state index in [1.165, 1.54) is 0 Å². The molecular formula is C19H23Br2N5O2. The molecule has 0 spiro atoms. The quantitative estimate of drug-likeness (QED) is 0.479. The molecular weight excluding hydrogens is 490 g/mol. The van der Waals surface area contributed by atoms with Crippen molar-refractivity contribution in [3.8, 4) is 0 Å². The molecule has 0 unspecified atom stereocenters. The van der Waals surface area contributed by atoms with Gasteiger partial charge in [0.25, 0.3) is 5.91 Å². The molecule has 150 valence electrons. The molecule has 0 fully saturated rings. The van der Waals surface area contributed by atoms with E-state index in [0.29, 0.717) is 24.6 Å². The lowest BCUT2D eigenvalue weighted by molar-refractivity contribution is 0.0923. The van der Waals surface area contributed by atoms with E-state index in [0.717, 1.165) is 44.7 Å². The van der Waals surface area contributed by atoms with Crippen LogP contribution in [0.1, 0.15) is 45.5 Å². The summed E-state index contributed by atoms with van der Waals surface area (Å²) in [5.41, 5.74) is 4.02. The fourth-order valence-corrected chi connectivity index (χ4v) is 3.54. The van der Waals surface area contributed by atoms with Crippen LogP contribution in [0, 0.1) is 27.7 Å². The van der Waals surface area contributed by atoms with E-state index < -0.39 is 0 Å². The van der Waals surface area contributed by atoms with Gasteiger partial charge in [0, 0.05) is 18.8 Å². The van der Waals surface area contributed by atoms with Crippen LogP contribution in [0.4, 0.5) is 0 Å². The Balaban J connectivity index is 1.51. The summed E-state index contributed by atoms with van der Waals surface area (Å²) < 4.78 is 11.5. The van der Waals surface area contributed by atoms with Crippen LogP contribution in [0.25, 0.3) is 0 Å². The summed E-state index contributed by atoms with van der Waals surface area (Å²) in [6.45, 7) is 9.70. The molecule has 9 heteroatoms. The number of hydrogen-bond acceptors (Lipinski definition) is 4. The Hall–Kier alpha value is -1.87. The minimum absolute atomic E-state index is 0.213. The zero-order chi connectivity index (χ0) is 20.4. The Bertz CT molecular complexity index is 1000. The molecule has 3 heterocycles. The first-order valence-corrected chi connectivity index (χ1v) is 10.6. The first-order chi connectivity index (χ1) is 13.3. The number of aryl methyl sites for hydroxylation is 3. The Kier molecular flexibility index (Phi) is 6.44. The first-order valence-electron chi connectivity index (χ1n) is 9.04. The number of carbonyl (C=O) groups excluding carboxylic acids is 1. The summed E-state index contributed by atoms with van der Waals surface area (Å²) in [7, 11) is 0. The summed E-state index contributed by atoms with van der Waals surface area (Å²) in [5.74, 6) is 0.788. The van der Waals surface area contributed by atoms with Crippen molar-refractivity contribution in [2.24, 2.45) is 0 Å². The van der Waals surface area contributed by atoms with Gasteiger partial charge in [-0.3, -0.25) is 14.2 Å². The molecule has 0 aliphatic heterocycles. The second kappa shape index (κ2) is 8.65. The van der Waals surface area contributed by atoms with Gasteiger partial charge in [0.15, 0.2) is 5.76 Å². The summed E-state index contributed by atoms with van der Waals surface area (Å²) in [4.78, 5) is 12.3. The average Bonchev–Trinajstić information content (AvgIpc) is 3.30. The predicted octanol–water partition coefficient (Wildman–Crippen LogP) is 4.30. The Morgan fingerprint density at radius 3 is 2.21 bits per heavy atom. The molecule has 3 aromatic heterocycles. The number of amides is 1. The summed E-state index contributed by atoms with van der Waals surface area (Å²) in [6.07, 6.45) is 0.785. The molecule has 0 bridgehead atoms. The number of halogens is 2. The van der Waals surface area contributed by atoms with E-state index >= 15 is 0 Å². The van der Waals surface area contributed by atoms with Crippen molar-refractivity contribution in [3.05, 3.63) is 55.4 Å². The minimum Gasteiger partial charge on any atom is -0.454 e. The maximum atomic E-state index is 12.3. The number of nitrogens with one attached hydrogen (secondary N) is 1. The van der Waals surface area contributed by atoms with Crippen molar-refractivity contribution in [2.75, 3.05) is 6.54 Å². The smallest absolute Gasteiger partial charge is 0.286 e. The largest absolute Gasteiger partial charge is 0.454 e. The molecule has 3 rings (SSSR count). The molecule has 0 saturated heterocycles. The molecule has 0 radical (unpaired) electrons. The van der Waals surface area contributed by atoms with E-state index in [1.54, 1.807) is 6.07 Å². The standard InChI is InChI=1S/C19H23Br2N5O2/c1-11-17(20)13(3)25(23-11)9-5-8-22-19(27)16-7-6-15(28-16)10-26-14(4)18(21)12(2)24-26/h6-7H,5,8-10H2,1-4H3,(H,22,27). The lowest BCUT2D eigenvalue weighted by atomic mass is 10.3. The summed E-state index contributed by atoms with van der Waals surface area (Å²) in [6, 6.07) is 3.51. The van der Waals surface area contributed by atoms with Gasteiger partial charge in [-0.1, -0.05) is 0 Å². The van der Waals surface area contributed by atoms with Gasteiger partial charge in [0.2, 0.25) is 0 Å². The monoisotopic (exact) mass is 511 g/mol. The average molecular weight is 513 g/mol. The lowest BCUT2D eigenvalue weighted by Crippen LogP contribution is -2.25. The van der Waals surface area contributed by atoms with E-state index in [4.69, 9.17) is 4.42 Å². The molecule has 28 heavy (non-hydrogen) atoms. The molecule has 1 N–H and O–H groups in total. The molecule has 0 aliphatic rings. The highest BCUT2D eigenvalue weighted by Gasteiger charge is 2.14. The molecule has 0 aliphatic carbocycles. The molecule has 1 amide bonds. The van der Waals surface area contributed by atoms with Gasteiger partial charge in [-0.25, -0.2) is 0 Å². The second-order valence-corrected chi connectivity index (χ2v) is 8.31. The maximum absolute atomic E-state index is 12.3. The number of hydrogen-bond donors (Lipinski definition) is 1.